The van der Waals surface area contributed by atoms with Gasteiger partial charge in [0.2, 0.25) is 17.6 Å². The first-order valence-corrected chi connectivity index (χ1v) is 8.76. The van der Waals surface area contributed by atoms with E-state index in [2.05, 4.69) is 41.1 Å². The van der Waals surface area contributed by atoms with Crippen molar-refractivity contribution >= 4 is 11.6 Å². The Balaban J connectivity index is 1.52. The average Bonchev–Trinajstić information content (AvgIpc) is 3.29. The molecule has 3 aromatic rings. The lowest BCUT2D eigenvalue weighted by molar-refractivity contribution is -0.117. The van der Waals surface area contributed by atoms with Crippen molar-refractivity contribution in [2.45, 2.75) is 32.1 Å². The van der Waals surface area contributed by atoms with Gasteiger partial charge in [0.15, 0.2) is 0 Å². The van der Waals surface area contributed by atoms with Crippen molar-refractivity contribution in [1.82, 2.24) is 15.1 Å². The zero-order valence-corrected chi connectivity index (χ0v) is 14.8. The molecule has 4 rings (SSSR count). The molecule has 0 aliphatic carbocycles. The first-order valence-electron chi connectivity index (χ1n) is 8.76. The highest BCUT2D eigenvalue weighted by Gasteiger charge is 2.35. The maximum absolute atomic E-state index is 12.5. The molecule has 1 fully saturated rings. The minimum absolute atomic E-state index is 0.0796. The van der Waals surface area contributed by atoms with E-state index in [1.807, 2.05) is 24.3 Å². The number of anilines is 1. The third kappa shape index (κ3) is 3.10. The molecule has 1 amide bonds. The molecule has 0 spiro atoms. The zero-order valence-electron chi connectivity index (χ0n) is 14.8. The maximum atomic E-state index is 12.5. The monoisotopic (exact) mass is 348 g/mol. The number of hydrogen-bond donors (Lipinski definition) is 0. The smallest absolute Gasteiger partial charge is 0.232 e. The fourth-order valence-corrected chi connectivity index (χ4v) is 3.18. The molecular formula is C20H20N4O2. The van der Waals surface area contributed by atoms with Gasteiger partial charge in [-0.1, -0.05) is 31.1 Å². The van der Waals surface area contributed by atoms with Crippen LogP contribution in [-0.4, -0.2) is 27.6 Å². The van der Waals surface area contributed by atoms with Crippen LogP contribution in [0, 0.1) is 0 Å². The van der Waals surface area contributed by atoms with Crippen molar-refractivity contribution in [3.8, 4) is 11.4 Å². The van der Waals surface area contributed by atoms with Gasteiger partial charge >= 0.3 is 0 Å². The van der Waals surface area contributed by atoms with Gasteiger partial charge in [0.1, 0.15) is 0 Å². The van der Waals surface area contributed by atoms with Crippen LogP contribution in [0.5, 0.6) is 0 Å². The van der Waals surface area contributed by atoms with E-state index in [-0.39, 0.29) is 11.8 Å². The lowest BCUT2D eigenvalue weighted by Crippen LogP contribution is -2.24. The van der Waals surface area contributed by atoms with Gasteiger partial charge in [-0.25, -0.2) is 0 Å². The Morgan fingerprint density at radius 2 is 1.85 bits per heavy atom. The number of rotatable bonds is 4. The van der Waals surface area contributed by atoms with Crippen LogP contribution >= 0.6 is 0 Å². The van der Waals surface area contributed by atoms with Crippen molar-refractivity contribution in [1.29, 1.82) is 0 Å². The second-order valence-corrected chi connectivity index (χ2v) is 6.84. The maximum Gasteiger partial charge on any atom is 0.232 e. The molecule has 0 unspecified atom stereocenters. The van der Waals surface area contributed by atoms with Gasteiger partial charge in [0, 0.05) is 36.6 Å². The van der Waals surface area contributed by atoms with E-state index in [4.69, 9.17) is 4.52 Å². The van der Waals surface area contributed by atoms with Crippen LogP contribution in [0.2, 0.25) is 0 Å². The van der Waals surface area contributed by atoms with Gasteiger partial charge in [-0.2, -0.15) is 4.98 Å². The summed E-state index contributed by atoms with van der Waals surface area (Å²) in [5.74, 6) is 1.49. The van der Waals surface area contributed by atoms with E-state index in [1.54, 1.807) is 17.3 Å². The summed E-state index contributed by atoms with van der Waals surface area (Å²) in [6.07, 6.45) is 3.75. The molecule has 1 atom stereocenters. The van der Waals surface area contributed by atoms with E-state index < -0.39 is 0 Å². The van der Waals surface area contributed by atoms with E-state index >= 15 is 0 Å². The fraction of sp³-hybridized carbons (Fsp3) is 0.300. The molecular weight excluding hydrogens is 328 g/mol. The molecule has 0 bridgehead atoms. The first kappa shape index (κ1) is 16.4. The Morgan fingerprint density at radius 1 is 1.12 bits per heavy atom. The number of carbonyl (C=O) groups excluding carboxylic acids is 1. The molecule has 6 heteroatoms. The predicted octanol–water partition coefficient (Wildman–Crippen LogP) is 3.78. The molecule has 26 heavy (non-hydrogen) atoms. The largest absolute Gasteiger partial charge is 0.339 e. The number of amides is 1. The third-order valence-corrected chi connectivity index (χ3v) is 4.73. The quantitative estimate of drug-likeness (QED) is 0.717. The minimum atomic E-state index is -0.0876. The second kappa shape index (κ2) is 6.71. The molecule has 1 saturated heterocycles. The number of hydrogen-bond acceptors (Lipinski definition) is 5. The fourth-order valence-electron chi connectivity index (χ4n) is 3.18. The normalized spacial score (nSPS) is 17.3. The van der Waals surface area contributed by atoms with Crippen LogP contribution in [0.3, 0.4) is 0 Å². The predicted molar refractivity (Wildman–Crippen MR) is 97.8 cm³/mol. The Morgan fingerprint density at radius 3 is 2.54 bits per heavy atom. The Bertz CT molecular complexity index is 903. The van der Waals surface area contributed by atoms with Crippen LogP contribution in [0.4, 0.5) is 5.69 Å². The van der Waals surface area contributed by atoms with Gasteiger partial charge in [-0.05, 0) is 35.7 Å². The zero-order chi connectivity index (χ0) is 18.1. The minimum Gasteiger partial charge on any atom is -0.339 e. The summed E-state index contributed by atoms with van der Waals surface area (Å²) in [6, 6.07) is 11.8. The summed E-state index contributed by atoms with van der Waals surface area (Å²) in [7, 11) is 0. The van der Waals surface area contributed by atoms with E-state index in [0.29, 0.717) is 30.6 Å². The third-order valence-electron chi connectivity index (χ3n) is 4.73. The summed E-state index contributed by atoms with van der Waals surface area (Å²) >= 11 is 0. The number of pyridine rings is 1. The molecule has 0 saturated carbocycles. The van der Waals surface area contributed by atoms with Crippen LogP contribution in [0.25, 0.3) is 11.4 Å². The Labute approximate surface area is 151 Å². The lowest BCUT2D eigenvalue weighted by Gasteiger charge is -2.17. The number of nitrogens with zero attached hydrogens (tertiary/aromatic N) is 4. The molecule has 0 N–H and O–H groups in total. The molecule has 132 valence electrons. The van der Waals surface area contributed by atoms with Crippen molar-refractivity contribution in [3.63, 3.8) is 0 Å². The van der Waals surface area contributed by atoms with Gasteiger partial charge < -0.3 is 9.42 Å². The molecule has 1 aromatic carbocycles. The Kier molecular flexibility index (Phi) is 4.24. The molecule has 3 heterocycles. The first-order chi connectivity index (χ1) is 12.6. The van der Waals surface area contributed by atoms with Crippen LogP contribution in [0.1, 0.15) is 43.6 Å². The number of carbonyl (C=O) groups is 1. The molecule has 2 aromatic heterocycles. The van der Waals surface area contributed by atoms with Crippen LogP contribution in [0.15, 0.2) is 53.3 Å². The van der Waals surface area contributed by atoms with Crippen LogP contribution in [-0.2, 0) is 4.79 Å². The SMILES string of the molecule is CC(C)c1ccc(N2C[C@@H](c3nc(-c4ccncc4)no3)CC2=O)cc1. The topological polar surface area (TPSA) is 72.1 Å². The summed E-state index contributed by atoms with van der Waals surface area (Å²) in [6.45, 7) is 4.86. The molecule has 6 nitrogen and oxygen atoms in total. The van der Waals surface area contributed by atoms with Gasteiger partial charge in [-0.3, -0.25) is 9.78 Å². The molecule has 0 radical (unpaired) electrons. The van der Waals surface area contributed by atoms with Crippen molar-refractivity contribution in [3.05, 3.63) is 60.2 Å². The summed E-state index contributed by atoms with van der Waals surface area (Å²) in [4.78, 5) is 22.7. The molecule has 1 aliphatic rings. The van der Waals surface area contributed by atoms with Crippen molar-refractivity contribution in [2.75, 3.05) is 11.4 Å². The summed E-state index contributed by atoms with van der Waals surface area (Å²) < 4.78 is 5.43. The lowest BCUT2D eigenvalue weighted by atomic mass is 10.0. The molecule has 1 aliphatic heterocycles. The second-order valence-electron chi connectivity index (χ2n) is 6.84. The average molecular weight is 348 g/mol. The number of benzene rings is 1. The summed E-state index contributed by atoms with van der Waals surface area (Å²) in [5, 5.41) is 4.04. The highest BCUT2D eigenvalue weighted by Crippen LogP contribution is 2.32. The highest BCUT2D eigenvalue weighted by atomic mass is 16.5. The van der Waals surface area contributed by atoms with E-state index in [9.17, 15) is 4.79 Å². The highest BCUT2D eigenvalue weighted by molar-refractivity contribution is 5.96. The summed E-state index contributed by atoms with van der Waals surface area (Å²) in [5.41, 5.74) is 3.02. The van der Waals surface area contributed by atoms with E-state index in [1.165, 1.54) is 5.56 Å². The van der Waals surface area contributed by atoms with E-state index in [0.717, 1.165) is 11.3 Å². The van der Waals surface area contributed by atoms with Crippen molar-refractivity contribution < 1.29 is 9.32 Å². The van der Waals surface area contributed by atoms with Gasteiger partial charge in [-0.15, -0.1) is 0 Å². The van der Waals surface area contributed by atoms with Gasteiger partial charge in [0.05, 0.1) is 5.92 Å². The van der Waals surface area contributed by atoms with Gasteiger partial charge in [0.25, 0.3) is 0 Å². The van der Waals surface area contributed by atoms with Crippen LogP contribution < -0.4 is 4.90 Å². The number of aromatic nitrogens is 3. The Hall–Kier alpha value is -3.02. The van der Waals surface area contributed by atoms with Crippen molar-refractivity contribution in [2.24, 2.45) is 0 Å². The standard InChI is InChI=1S/C20H20N4O2/c1-13(2)14-3-5-17(6-4-14)24-12-16(11-18(24)25)20-22-19(23-26-20)15-7-9-21-10-8-15/h3-10,13,16H,11-12H2,1-2H3/t16-/m0/s1.